The van der Waals surface area contributed by atoms with Gasteiger partial charge in [0, 0.05) is 5.69 Å². The zero-order chi connectivity index (χ0) is 19.3. The lowest BCUT2D eigenvalue weighted by Crippen LogP contribution is -2.32. The molecule has 2 aromatic rings. The highest BCUT2D eigenvalue weighted by atomic mass is 16.6. The summed E-state index contributed by atoms with van der Waals surface area (Å²) in [6, 6.07) is 11.5. The second-order valence-electron chi connectivity index (χ2n) is 6.40. The molecule has 2 aromatic carbocycles. The van der Waals surface area contributed by atoms with Gasteiger partial charge < -0.3 is 14.8 Å². The average Bonchev–Trinajstić information content (AvgIpc) is 2.57. The third kappa shape index (κ3) is 4.85. The fourth-order valence-corrected chi connectivity index (χ4v) is 2.68. The number of ether oxygens (including phenoxy) is 2. The van der Waals surface area contributed by atoms with E-state index in [1.165, 1.54) is 0 Å². The first-order chi connectivity index (χ1) is 12.3. The molecule has 0 saturated heterocycles. The van der Waals surface area contributed by atoms with Crippen LogP contribution in [0.15, 0.2) is 36.4 Å². The Morgan fingerprint density at radius 1 is 0.923 bits per heavy atom. The number of rotatable bonds is 6. The summed E-state index contributed by atoms with van der Waals surface area (Å²) in [6.07, 6.45) is -0.914. The molecule has 5 nitrogen and oxygen atoms in total. The minimum absolute atomic E-state index is 0.243. The summed E-state index contributed by atoms with van der Waals surface area (Å²) < 4.78 is 10.7. The van der Waals surface area contributed by atoms with Crippen molar-refractivity contribution >= 4 is 17.6 Å². The Labute approximate surface area is 154 Å². The maximum atomic E-state index is 12.3. The molecule has 0 aliphatic rings. The second-order valence-corrected chi connectivity index (χ2v) is 6.40. The lowest BCUT2D eigenvalue weighted by atomic mass is 10.1. The maximum absolute atomic E-state index is 12.3. The van der Waals surface area contributed by atoms with Crippen molar-refractivity contribution in [3.63, 3.8) is 0 Å². The van der Waals surface area contributed by atoms with Crippen LogP contribution in [0.25, 0.3) is 0 Å². The van der Waals surface area contributed by atoms with Gasteiger partial charge in [-0.3, -0.25) is 4.79 Å². The molecule has 0 radical (unpaired) electrons. The first kappa shape index (κ1) is 19.5. The third-order valence-corrected chi connectivity index (χ3v) is 4.15. The van der Waals surface area contributed by atoms with Gasteiger partial charge >= 0.3 is 5.97 Å². The number of amides is 1. The molecule has 2 rings (SSSR count). The molecule has 1 amide bonds. The number of para-hydroxylation sites is 2. The number of hydrogen-bond donors (Lipinski definition) is 1. The number of aryl methyl sites for hydroxylation is 4. The van der Waals surface area contributed by atoms with Gasteiger partial charge in [-0.2, -0.15) is 0 Å². The van der Waals surface area contributed by atoms with Crippen LogP contribution in [0.4, 0.5) is 5.69 Å². The molecule has 138 valence electrons. The van der Waals surface area contributed by atoms with E-state index in [9.17, 15) is 9.59 Å². The van der Waals surface area contributed by atoms with Crippen molar-refractivity contribution < 1.29 is 19.1 Å². The molecule has 0 heterocycles. The van der Waals surface area contributed by atoms with E-state index in [1.54, 1.807) is 6.92 Å². The predicted molar refractivity (Wildman–Crippen MR) is 102 cm³/mol. The van der Waals surface area contributed by atoms with E-state index in [-0.39, 0.29) is 12.5 Å². The van der Waals surface area contributed by atoms with Gasteiger partial charge in [0.05, 0.1) is 0 Å². The number of hydrogen-bond acceptors (Lipinski definition) is 4. The number of benzene rings is 2. The number of nitrogens with one attached hydrogen (secondary N) is 1. The smallest absolute Gasteiger partial charge is 0.344 e. The van der Waals surface area contributed by atoms with Gasteiger partial charge in [0.2, 0.25) is 0 Å². The van der Waals surface area contributed by atoms with Gasteiger partial charge in [-0.15, -0.1) is 0 Å². The molecule has 0 fully saturated rings. The van der Waals surface area contributed by atoms with E-state index >= 15 is 0 Å². The topological polar surface area (TPSA) is 64.6 Å². The first-order valence-corrected chi connectivity index (χ1v) is 8.55. The van der Waals surface area contributed by atoms with Gasteiger partial charge in [-0.05, 0) is 56.9 Å². The van der Waals surface area contributed by atoms with E-state index in [0.717, 1.165) is 27.9 Å². The molecule has 0 saturated carbocycles. The van der Waals surface area contributed by atoms with E-state index in [2.05, 4.69) is 5.32 Å². The lowest BCUT2D eigenvalue weighted by molar-refractivity contribution is -0.155. The summed E-state index contributed by atoms with van der Waals surface area (Å²) >= 11 is 0. The SMILES string of the molecule is Cc1cccc(C)c1NC(=O)[C@@H](C)OC(=O)COc1c(C)cccc1C. The highest BCUT2D eigenvalue weighted by Gasteiger charge is 2.20. The summed E-state index contributed by atoms with van der Waals surface area (Å²) in [7, 11) is 0. The summed E-state index contributed by atoms with van der Waals surface area (Å²) in [6.45, 7) is 8.95. The molecule has 26 heavy (non-hydrogen) atoms. The van der Waals surface area contributed by atoms with Gasteiger partial charge in [0.15, 0.2) is 12.7 Å². The largest absolute Gasteiger partial charge is 0.481 e. The Balaban J connectivity index is 1.91. The van der Waals surface area contributed by atoms with Crippen molar-refractivity contribution in [2.24, 2.45) is 0 Å². The van der Waals surface area contributed by atoms with Gasteiger partial charge in [-0.1, -0.05) is 36.4 Å². The molecule has 0 bridgehead atoms. The minimum Gasteiger partial charge on any atom is -0.481 e. The first-order valence-electron chi connectivity index (χ1n) is 8.55. The highest BCUT2D eigenvalue weighted by Crippen LogP contribution is 2.22. The van der Waals surface area contributed by atoms with Crippen LogP contribution in [-0.2, 0) is 14.3 Å². The van der Waals surface area contributed by atoms with Crippen molar-refractivity contribution in [2.75, 3.05) is 11.9 Å². The van der Waals surface area contributed by atoms with Crippen LogP contribution in [0.1, 0.15) is 29.2 Å². The van der Waals surface area contributed by atoms with Gasteiger partial charge in [-0.25, -0.2) is 4.79 Å². The Morgan fingerprint density at radius 3 is 1.96 bits per heavy atom. The molecule has 0 unspecified atom stereocenters. The van der Waals surface area contributed by atoms with Crippen molar-refractivity contribution in [1.29, 1.82) is 0 Å². The lowest BCUT2D eigenvalue weighted by Gasteiger charge is -2.17. The van der Waals surface area contributed by atoms with Crippen molar-refractivity contribution in [2.45, 2.75) is 40.7 Å². The van der Waals surface area contributed by atoms with Crippen LogP contribution in [0.2, 0.25) is 0 Å². The van der Waals surface area contributed by atoms with Crippen LogP contribution in [0.5, 0.6) is 5.75 Å². The summed E-state index contributed by atoms with van der Waals surface area (Å²) in [5, 5.41) is 2.82. The highest BCUT2D eigenvalue weighted by molar-refractivity contribution is 5.96. The number of esters is 1. The Hall–Kier alpha value is -2.82. The molecule has 0 aliphatic carbocycles. The Bertz CT molecular complexity index is 773. The summed E-state index contributed by atoms with van der Waals surface area (Å²) in [5.74, 6) is -0.295. The maximum Gasteiger partial charge on any atom is 0.344 e. The standard InChI is InChI=1S/C21H25NO4/c1-13-8-6-9-14(2)19(13)22-21(24)17(5)26-18(23)12-25-20-15(3)10-7-11-16(20)4/h6-11,17H,12H2,1-5H3,(H,22,24)/t17-/m1/s1. The number of anilines is 1. The average molecular weight is 355 g/mol. The molecular formula is C21H25NO4. The molecule has 0 aromatic heterocycles. The van der Waals surface area contributed by atoms with E-state index < -0.39 is 12.1 Å². The van der Waals surface area contributed by atoms with Crippen LogP contribution >= 0.6 is 0 Å². The molecule has 0 aliphatic heterocycles. The van der Waals surface area contributed by atoms with Crippen LogP contribution in [-0.4, -0.2) is 24.6 Å². The van der Waals surface area contributed by atoms with E-state index in [0.29, 0.717) is 5.75 Å². The van der Waals surface area contributed by atoms with E-state index in [1.807, 2.05) is 64.1 Å². The minimum atomic E-state index is -0.914. The van der Waals surface area contributed by atoms with Crippen molar-refractivity contribution in [1.82, 2.24) is 0 Å². The second kappa shape index (κ2) is 8.52. The zero-order valence-electron chi connectivity index (χ0n) is 15.9. The fraction of sp³-hybridized carbons (Fsp3) is 0.333. The molecule has 0 spiro atoms. The fourth-order valence-electron chi connectivity index (χ4n) is 2.68. The summed E-state index contributed by atoms with van der Waals surface area (Å²) in [4.78, 5) is 24.3. The predicted octanol–water partition coefficient (Wildman–Crippen LogP) is 3.87. The van der Waals surface area contributed by atoms with Gasteiger partial charge in [0.25, 0.3) is 5.91 Å². The van der Waals surface area contributed by atoms with Crippen molar-refractivity contribution in [3.05, 3.63) is 58.7 Å². The van der Waals surface area contributed by atoms with Crippen LogP contribution in [0, 0.1) is 27.7 Å². The number of carbonyl (C=O) groups is 2. The Kier molecular flexibility index (Phi) is 6.39. The van der Waals surface area contributed by atoms with Gasteiger partial charge in [0.1, 0.15) is 5.75 Å². The number of carbonyl (C=O) groups excluding carboxylic acids is 2. The molecule has 1 N–H and O–H groups in total. The monoisotopic (exact) mass is 355 g/mol. The molecule has 1 atom stereocenters. The quantitative estimate of drug-likeness (QED) is 0.799. The molecule has 5 heteroatoms. The van der Waals surface area contributed by atoms with Crippen LogP contribution < -0.4 is 10.1 Å². The van der Waals surface area contributed by atoms with E-state index in [4.69, 9.17) is 9.47 Å². The molecular weight excluding hydrogens is 330 g/mol. The Morgan fingerprint density at radius 2 is 1.42 bits per heavy atom. The third-order valence-electron chi connectivity index (χ3n) is 4.15. The van der Waals surface area contributed by atoms with Crippen molar-refractivity contribution in [3.8, 4) is 5.75 Å². The zero-order valence-corrected chi connectivity index (χ0v) is 15.9. The van der Waals surface area contributed by atoms with Crippen LogP contribution in [0.3, 0.4) is 0 Å². The normalized spacial score (nSPS) is 11.6. The summed E-state index contributed by atoms with van der Waals surface area (Å²) in [5.41, 5.74) is 4.54.